The van der Waals surface area contributed by atoms with Gasteiger partial charge < -0.3 is 25.0 Å². The number of methoxy groups -OCH3 is 1. The van der Waals surface area contributed by atoms with Crippen molar-refractivity contribution in [2.75, 3.05) is 24.7 Å². The molecule has 2 aromatic carbocycles. The number of nitrogens with one attached hydrogen (secondary N) is 3. The number of fused-ring (bicyclic) bond motifs is 1. The van der Waals surface area contributed by atoms with E-state index in [1.807, 2.05) is 52.8 Å². The van der Waals surface area contributed by atoms with E-state index < -0.39 is 67.1 Å². The second-order valence-corrected chi connectivity index (χ2v) is 21.0. The molecule has 16 nitrogen and oxygen atoms in total. The molecule has 3 N–H and O–H groups in total. The van der Waals surface area contributed by atoms with E-state index in [4.69, 9.17) is 19.5 Å². The molecule has 0 bridgehead atoms. The van der Waals surface area contributed by atoms with Gasteiger partial charge in [-0.15, -0.1) is 11.8 Å². The molecule has 3 amide bonds. The summed E-state index contributed by atoms with van der Waals surface area (Å²) in [6.45, 7) is 13.5. The first-order valence-corrected chi connectivity index (χ1v) is 23.4. The van der Waals surface area contributed by atoms with Gasteiger partial charge in [-0.3, -0.25) is 34.2 Å². The second-order valence-electron chi connectivity index (χ2n) is 18.0. The Labute approximate surface area is 360 Å². The number of nitro groups is 1. The molecule has 6 atom stereocenters. The maximum atomic E-state index is 15.0. The van der Waals surface area contributed by atoms with Crippen molar-refractivity contribution >= 4 is 66.8 Å². The van der Waals surface area contributed by atoms with Crippen LogP contribution in [0.25, 0.3) is 10.9 Å². The summed E-state index contributed by atoms with van der Waals surface area (Å²) in [5.41, 5.74) is -0.295. The summed E-state index contributed by atoms with van der Waals surface area (Å²) in [4.78, 5) is 66.3. The van der Waals surface area contributed by atoms with E-state index in [1.54, 1.807) is 24.9 Å². The van der Waals surface area contributed by atoms with Gasteiger partial charge >= 0.3 is 0 Å². The summed E-state index contributed by atoms with van der Waals surface area (Å²) in [5, 5.41) is 18.9. The number of hydrogen-bond acceptors (Lipinski definition) is 13. The van der Waals surface area contributed by atoms with Gasteiger partial charge in [0.1, 0.15) is 46.0 Å². The Kier molecular flexibility index (Phi) is 12.1. The van der Waals surface area contributed by atoms with Crippen LogP contribution in [0.5, 0.6) is 11.5 Å². The summed E-state index contributed by atoms with van der Waals surface area (Å²) in [7, 11) is -2.32. The largest absolute Gasteiger partial charge is 0.496 e. The minimum absolute atomic E-state index is 0.0220. The quantitative estimate of drug-likeness (QED) is 0.123. The van der Waals surface area contributed by atoms with E-state index in [2.05, 4.69) is 29.2 Å². The summed E-state index contributed by atoms with van der Waals surface area (Å²) < 4.78 is 40.5. The number of rotatable bonds is 15. The zero-order valence-electron chi connectivity index (χ0n) is 35.8. The van der Waals surface area contributed by atoms with Gasteiger partial charge in [0.25, 0.3) is 11.6 Å². The lowest BCUT2D eigenvalue weighted by molar-refractivity contribution is -0.384. The number of aromatic nitrogens is 1. The van der Waals surface area contributed by atoms with Crippen LogP contribution >= 0.6 is 11.8 Å². The summed E-state index contributed by atoms with van der Waals surface area (Å²) >= 11 is 1.62. The number of amides is 3. The van der Waals surface area contributed by atoms with Crippen LogP contribution in [0.3, 0.4) is 0 Å². The number of nitro benzene ring substituents is 1. The first-order valence-electron chi connectivity index (χ1n) is 20.8. The molecule has 1 aromatic heterocycles. The Hall–Kier alpha value is -4.97. The maximum Gasteiger partial charge on any atom is 0.292 e. The Morgan fingerprint density at radius 3 is 2.44 bits per heavy atom. The molecule has 0 radical (unpaired) electrons. The molecule has 4 aliphatic rings. The van der Waals surface area contributed by atoms with Crippen molar-refractivity contribution in [3.63, 3.8) is 0 Å². The Bertz CT molecular complexity index is 2400. The topological polar surface area (TPSA) is 212 Å². The first-order chi connectivity index (χ1) is 28.8. The zero-order valence-corrected chi connectivity index (χ0v) is 37.4. The van der Waals surface area contributed by atoms with E-state index in [0.717, 1.165) is 16.4 Å². The highest BCUT2D eigenvalue weighted by atomic mass is 32.2. The summed E-state index contributed by atoms with van der Waals surface area (Å²) in [6, 6.07) is 9.49. The van der Waals surface area contributed by atoms with Crippen molar-refractivity contribution in [1.29, 1.82) is 0 Å². The number of likely N-dealkylation sites (tertiary alicyclic amines) is 1. The lowest BCUT2D eigenvalue weighted by atomic mass is 9.85. The van der Waals surface area contributed by atoms with Crippen molar-refractivity contribution in [2.24, 2.45) is 22.2 Å². The smallest absolute Gasteiger partial charge is 0.292 e. The number of aryl methyl sites for hydroxylation is 1. The van der Waals surface area contributed by atoms with Crippen LogP contribution in [0.1, 0.15) is 84.9 Å². The fourth-order valence-electron chi connectivity index (χ4n) is 8.25. The van der Waals surface area contributed by atoms with Crippen LogP contribution in [0.4, 0.5) is 11.4 Å². The number of carbonyl (C=O) groups is 3. The van der Waals surface area contributed by atoms with Gasteiger partial charge in [0, 0.05) is 35.3 Å². The third-order valence-corrected chi connectivity index (χ3v) is 15.1. The molecule has 2 aliphatic heterocycles. The molecule has 0 spiro atoms. The number of sulfonamides is 1. The number of nitrogens with zero attached hydrogens (tertiary/aromatic N) is 4. The molecule has 1 saturated heterocycles. The van der Waals surface area contributed by atoms with Gasteiger partial charge in [0.05, 0.1) is 41.1 Å². The van der Waals surface area contributed by atoms with Crippen LogP contribution in [0.15, 0.2) is 47.5 Å². The predicted molar refractivity (Wildman–Crippen MR) is 235 cm³/mol. The standard InChI is InChI=1S/C43H55N7O9S2/c1-9-25-20-43(25,41(53)48-61(56,57)27-14-15-27)47-38(51)33-18-26(21-49(33)40(52)37(42(5,6)7)45-29-12-10-11-13-32(29)50(54)55)59-35-19-30(39-46-31(22-60-39)23(2)3)44-36-24(4)34(58-8)17-16-28(35)36/h10-13,16-17,19,23,25-27,31,33,37,45H,9,14-15,18,20-22H2,1-8H3,(H,47,51)(H,48,53)/t25-,26-,31?,33+,37-,43-/m1/s1. The van der Waals surface area contributed by atoms with E-state index in [9.17, 15) is 32.9 Å². The Morgan fingerprint density at radius 2 is 1.84 bits per heavy atom. The van der Waals surface area contributed by atoms with Crippen LogP contribution in [-0.4, -0.2) is 100 Å². The lowest BCUT2D eigenvalue weighted by Crippen LogP contribution is -2.58. The predicted octanol–water partition coefficient (Wildman–Crippen LogP) is 5.75. The molecule has 2 aliphatic carbocycles. The van der Waals surface area contributed by atoms with Crippen molar-refractivity contribution in [2.45, 2.75) is 116 Å². The van der Waals surface area contributed by atoms with Gasteiger partial charge in [-0.05, 0) is 61.6 Å². The minimum atomic E-state index is -3.91. The molecular formula is C43H55N7O9S2. The highest BCUT2D eigenvalue weighted by Gasteiger charge is 2.62. The van der Waals surface area contributed by atoms with Gasteiger partial charge in [0.2, 0.25) is 21.8 Å². The number of carbonyl (C=O) groups excluding carboxylic acids is 3. The van der Waals surface area contributed by atoms with Crippen molar-refractivity contribution in [1.82, 2.24) is 19.9 Å². The third kappa shape index (κ3) is 8.88. The van der Waals surface area contributed by atoms with Crippen molar-refractivity contribution < 1.29 is 37.2 Å². The fourth-order valence-corrected chi connectivity index (χ4v) is 10.9. The van der Waals surface area contributed by atoms with Crippen LogP contribution in [0.2, 0.25) is 0 Å². The van der Waals surface area contributed by atoms with Gasteiger partial charge in [-0.25, -0.2) is 13.4 Å². The molecule has 3 aromatic rings. The number of anilines is 1. The molecular weight excluding hydrogens is 823 g/mol. The van der Waals surface area contributed by atoms with Gasteiger partial charge in [0.15, 0.2) is 0 Å². The minimum Gasteiger partial charge on any atom is -0.496 e. The zero-order chi connectivity index (χ0) is 44.2. The van der Waals surface area contributed by atoms with E-state index in [0.29, 0.717) is 53.3 Å². The second kappa shape index (κ2) is 16.7. The first kappa shape index (κ1) is 44.1. The number of aliphatic imine (C=N–C) groups is 1. The average Bonchev–Trinajstić information content (AvgIpc) is 4.09. The van der Waals surface area contributed by atoms with Crippen molar-refractivity contribution in [3.8, 4) is 11.5 Å². The van der Waals surface area contributed by atoms with Gasteiger partial charge in [-0.2, -0.15) is 0 Å². The maximum absolute atomic E-state index is 15.0. The molecule has 2 saturated carbocycles. The molecule has 7 rings (SSSR count). The molecule has 3 fully saturated rings. The molecule has 61 heavy (non-hydrogen) atoms. The Morgan fingerprint density at radius 1 is 1.11 bits per heavy atom. The van der Waals surface area contributed by atoms with Crippen LogP contribution in [0, 0.1) is 34.3 Å². The lowest BCUT2D eigenvalue weighted by Gasteiger charge is -2.36. The average molecular weight is 878 g/mol. The highest BCUT2D eigenvalue weighted by molar-refractivity contribution is 8.14. The molecule has 328 valence electrons. The number of benzene rings is 2. The monoisotopic (exact) mass is 877 g/mol. The van der Waals surface area contributed by atoms with E-state index in [1.165, 1.54) is 23.1 Å². The number of para-hydroxylation sites is 2. The Balaban J connectivity index is 1.25. The van der Waals surface area contributed by atoms with Crippen molar-refractivity contribution in [3.05, 3.63) is 63.8 Å². The highest BCUT2D eigenvalue weighted by Crippen LogP contribution is 2.47. The van der Waals surface area contributed by atoms with E-state index in [-0.39, 0.29) is 42.7 Å². The number of ether oxygens (including phenoxy) is 2. The molecule has 3 heterocycles. The molecule has 1 unspecified atom stereocenters. The van der Waals surface area contributed by atoms with Crippen LogP contribution in [-0.2, 0) is 24.4 Å². The number of hydrogen-bond donors (Lipinski definition) is 3. The van der Waals surface area contributed by atoms with Crippen LogP contribution < -0.4 is 24.8 Å². The fraction of sp³-hybridized carbons (Fsp3) is 0.558. The summed E-state index contributed by atoms with van der Waals surface area (Å²) in [5.74, 6) is 0.0192. The summed E-state index contributed by atoms with van der Waals surface area (Å²) in [6.07, 6.45) is 0.942. The number of thioether (sulfide) groups is 1. The number of pyridine rings is 1. The normalized spacial score (nSPS) is 24.3. The van der Waals surface area contributed by atoms with Gasteiger partial charge in [-0.1, -0.05) is 60.1 Å². The SMILES string of the molecule is CC[C@@H]1C[C@]1(NC(=O)[C@@H]1C[C@@H](Oc2cc(C3=NC(C(C)C)CS3)nc3c(C)c(OC)ccc23)CN1C(=O)[C@@H](Nc1ccccc1[N+](=O)[O-])C(C)(C)C)C(=O)NS(=O)(=O)C1CC1. The van der Waals surface area contributed by atoms with E-state index >= 15 is 0 Å². The third-order valence-electron chi connectivity index (χ3n) is 12.2. The molecule has 18 heteroatoms.